The maximum atomic E-state index is 13.7. The summed E-state index contributed by atoms with van der Waals surface area (Å²) in [6.45, 7) is 0. The number of hydrogen-bond donors (Lipinski definition) is 1. The van der Waals surface area contributed by atoms with Gasteiger partial charge in [0.2, 0.25) is 5.91 Å². The Bertz CT molecular complexity index is 1470. The maximum absolute atomic E-state index is 13.7. The molecule has 0 fully saturated rings. The number of amides is 1. The van der Waals surface area contributed by atoms with E-state index in [-0.39, 0.29) is 22.2 Å². The quantitative estimate of drug-likeness (QED) is 0.244. The van der Waals surface area contributed by atoms with Crippen molar-refractivity contribution in [1.29, 1.82) is 0 Å². The average Bonchev–Trinajstić information content (AvgIpc) is 3.42. The van der Waals surface area contributed by atoms with E-state index < -0.39 is 0 Å². The number of carbonyl (C=O) groups excluding carboxylic acids is 1. The van der Waals surface area contributed by atoms with Crippen LogP contribution in [0.1, 0.15) is 16.9 Å². The van der Waals surface area contributed by atoms with E-state index >= 15 is 0 Å². The minimum absolute atomic E-state index is 0.0437. The molecule has 1 aliphatic carbocycles. The van der Waals surface area contributed by atoms with Crippen LogP contribution in [0.2, 0.25) is 10.0 Å². The smallest absolute Gasteiger partial charge is 0.267 e. The van der Waals surface area contributed by atoms with Crippen LogP contribution in [-0.2, 0) is 17.6 Å². The highest BCUT2D eigenvalue weighted by Crippen LogP contribution is 2.36. The van der Waals surface area contributed by atoms with Crippen molar-refractivity contribution >= 4 is 68.1 Å². The van der Waals surface area contributed by atoms with E-state index in [9.17, 15) is 9.59 Å². The molecule has 5 rings (SSSR count). The fourth-order valence-corrected chi connectivity index (χ4v) is 6.46. The first-order valence-electron chi connectivity index (χ1n) is 10.5. The zero-order valence-corrected chi connectivity index (χ0v) is 21.2. The van der Waals surface area contributed by atoms with Crippen molar-refractivity contribution in [3.05, 3.63) is 73.3 Å². The van der Waals surface area contributed by atoms with Crippen LogP contribution in [0.15, 0.2) is 52.4 Å². The van der Waals surface area contributed by atoms with Crippen LogP contribution in [0.25, 0.3) is 15.9 Å². The van der Waals surface area contributed by atoms with Crippen molar-refractivity contribution < 1.29 is 9.53 Å². The van der Waals surface area contributed by atoms with Crippen molar-refractivity contribution in [3.63, 3.8) is 0 Å². The number of hydrogen-bond acceptors (Lipinski definition) is 6. The third-order valence-corrected chi connectivity index (χ3v) is 8.54. The minimum Gasteiger partial charge on any atom is -0.497 e. The molecule has 0 bridgehead atoms. The second kappa shape index (κ2) is 9.62. The Kier molecular flexibility index (Phi) is 6.57. The van der Waals surface area contributed by atoms with Crippen LogP contribution in [-0.4, -0.2) is 28.3 Å². The number of nitrogens with one attached hydrogen (secondary N) is 1. The number of aryl methyl sites for hydroxylation is 2. The van der Waals surface area contributed by atoms with Crippen LogP contribution >= 0.6 is 46.3 Å². The number of halogens is 2. The van der Waals surface area contributed by atoms with Crippen LogP contribution in [0.4, 0.5) is 5.69 Å². The number of rotatable bonds is 6. The monoisotopic (exact) mass is 531 g/mol. The lowest BCUT2D eigenvalue weighted by atomic mass is 10.2. The maximum Gasteiger partial charge on any atom is 0.267 e. The van der Waals surface area contributed by atoms with Crippen LogP contribution in [0, 0.1) is 0 Å². The van der Waals surface area contributed by atoms with E-state index in [1.165, 1.54) is 16.6 Å². The predicted octanol–water partition coefficient (Wildman–Crippen LogP) is 5.98. The van der Waals surface area contributed by atoms with E-state index in [0.29, 0.717) is 32.7 Å². The third kappa shape index (κ3) is 4.31. The van der Waals surface area contributed by atoms with E-state index in [1.54, 1.807) is 53.3 Å². The van der Waals surface area contributed by atoms with Gasteiger partial charge in [0.05, 0.1) is 39.7 Å². The molecular formula is C24H19Cl2N3O3S2. The van der Waals surface area contributed by atoms with Crippen LogP contribution < -0.4 is 15.6 Å². The summed E-state index contributed by atoms with van der Waals surface area (Å²) in [5.74, 6) is 0.454. The van der Waals surface area contributed by atoms with Gasteiger partial charge in [-0.25, -0.2) is 4.98 Å². The van der Waals surface area contributed by atoms with Gasteiger partial charge >= 0.3 is 0 Å². The minimum atomic E-state index is -0.279. The number of anilines is 1. The lowest BCUT2D eigenvalue weighted by Gasteiger charge is -2.13. The second-order valence-corrected chi connectivity index (χ2v) is 10.5. The summed E-state index contributed by atoms with van der Waals surface area (Å²) in [6.07, 6.45) is 2.93. The summed E-state index contributed by atoms with van der Waals surface area (Å²) in [4.78, 5) is 33.1. The van der Waals surface area contributed by atoms with Gasteiger partial charge in [0, 0.05) is 4.88 Å². The molecule has 10 heteroatoms. The van der Waals surface area contributed by atoms with Gasteiger partial charge < -0.3 is 10.1 Å². The fourth-order valence-electron chi connectivity index (χ4n) is 4.00. The summed E-state index contributed by atoms with van der Waals surface area (Å²) in [5, 5.41) is 4.56. The molecule has 0 atom stereocenters. The first kappa shape index (κ1) is 23.2. The normalized spacial score (nSPS) is 12.7. The molecule has 0 spiro atoms. The van der Waals surface area contributed by atoms with E-state index in [0.717, 1.165) is 29.7 Å². The van der Waals surface area contributed by atoms with Gasteiger partial charge in [-0.05, 0) is 61.2 Å². The van der Waals surface area contributed by atoms with Gasteiger partial charge in [0.15, 0.2) is 5.16 Å². The standard InChI is InChI=1S/C24H19Cl2N3O3S2/c1-32-14-10-8-13(9-11-14)29-23(31)20-15-4-2-7-18(15)34-22(20)28-24(29)33-12-19(30)27-17-6-3-5-16(25)21(17)26/h3,5-6,8-11H,2,4,7,12H2,1H3,(H,27,30). The zero-order valence-electron chi connectivity index (χ0n) is 18.1. The van der Waals surface area contributed by atoms with Gasteiger partial charge in [-0.3, -0.25) is 14.2 Å². The summed E-state index contributed by atoms with van der Waals surface area (Å²) in [5.41, 5.74) is 2.10. The number of carbonyl (C=O) groups is 1. The summed E-state index contributed by atoms with van der Waals surface area (Å²) < 4.78 is 6.84. The number of thiophene rings is 1. The van der Waals surface area contributed by atoms with Gasteiger partial charge in [0.25, 0.3) is 5.56 Å². The summed E-state index contributed by atoms with van der Waals surface area (Å²) >= 11 is 15.0. The van der Waals surface area contributed by atoms with Gasteiger partial charge in [-0.15, -0.1) is 11.3 Å². The molecule has 0 unspecified atom stereocenters. The molecule has 4 aromatic rings. The number of aromatic nitrogens is 2. The Hall–Kier alpha value is -2.52. The molecule has 1 N–H and O–H groups in total. The van der Waals surface area contributed by atoms with Crippen LogP contribution in [0.3, 0.4) is 0 Å². The summed E-state index contributed by atoms with van der Waals surface area (Å²) in [6, 6.07) is 12.3. The zero-order chi connectivity index (χ0) is 23.8. The Balaban J connectivity index is 1.51. The molecule has 0 saturated heterocycles. The summed E-state index contributed by atoms with van der Waals surface area (Å²) in [7, 11) is 1.59. The lowest BCUT2D eigenvalue weighted by molar-refractivity contribution is -0.113. The highest BCUT2D eigenvalue weighted by atomic mass is 35.5. The number of thioether (sulfide) groups is 1. The molecule has 34 heavy (non-hydrogen) atoms. The van der Waals surface area contributed by atoms with Gasteiger partial charge in [-0.1, -0.05) is 41.0 Å². The number of methoxy groups -OCH3 is 1. The van der Waals surface area contributed by atoms with E-state index in [1.807, 2.05) is 12.1 Å². The first-order valence-corrected chi connectivity index (χ1v) is 13.1. The largest absolute Gasteiger partial charge is 0.497 e. The SMILES string of the molecule is COc1ccc(-n2c(SCC(=O)Nc3cccc(Cl)c3Cl)nc3sc4c(c3c2=O)CCC4)cc1. The Labute approximate surface area is 213 Å². The molecule has 0 radical (unpaired) electrons. The molecule has 0 saturated carbocycles. The predicted molar refractivity (Wildman–Crippen MR) is 140 cm³/mol. The van der Waals surface area contributed by atoms with Crippen molar-refractivity contribution in [2.45, 2.75) is 24.4 Å². The molecule has 2 aromatic carbocycles. The van der Waals surface area contributed by atoms with Crippen molar-refractivity contribution in [2.75, 3.05) is 18.2 Å². The number of fused-ring (bicyclic) bond motifs is 3. The Morgan fingerprint density at radius 2 is 2.00 bits per heavy atom. The topological polar surface area (TPSA) is 73.2 Å². The number of nitrogens with zero attached hydrogens (tertiary/aromatic N) is 2. The molecule has 174 valence electrons. The van der Waals surface area contributed by atoms with E-state index in [2.05, 4.69) is 5.32 Å². The van der Waals surface area contributed by atoms with Gasteiger partial charge in [0.1, 0.15) is 10.6 Å². The molecule has 2 heterocycles. The molecular weight excluding hydrogens is 513 g/mol. The molecule has 6 nitrogen and oxygen atoms in total. The fraction of sp³-hybridized carbons (Fsp3) is 0.208. The molecule has 1 aliphatic rings. The van der Waals surface area contributed by atoms with Crippen LogP contribution in [0.5, 0.6) is 5.75 Å². The first-order chi connectivity index (χ1) is 16.5. The van der Waals surface area contributed by atoms with Gasteiger partial charge in [-0.2, -0.15) is 0 Å². The lowest BCUT2D eigenvalue weighted by Crippen LogP contribution is -2.23. The Morgan fingerprint density at radius 1 is 1.21 bits per heavy atom. The second-order valence-electron chi connectivity index (χ2n) is 7.71. The molecule has 0 aliphatic heterocycles. The highest BCUT2D eigenvalue weighted by Gasteiger charge is 2.24. The molecule has 2 aromatic heterocycles. The van der Waals surface area contributed by atoms with E-state index in [4.69, 9.17) is 32.9 Å². The molecule has 1 amide bonds. The third-order valence-electron chi connectivity index (χ3n) is 5.60. The van der Waals surface area contributed by atoms with Crippen molar-refractivity contribution in [2.24, 2.45) is 0 Å². The average molecular weight is 532 g/mol. The number of ether oxygens (including phenoxy) is 1. The number of benzene rings is 2. The highest BCUT2D eigenvalue weighted by molar-refractivity contribution is 7.99. The van der Waals surface area contributed by atoms with Crippen molar-refractivity contribution in [1.82, 2.24) is 9.55 Å². The van der Waals surface area contributed by atoms with Crippen molar-refractivity contribution in [3.8, 4) is 11.4 Å². The Morgan fingerprint density at radius 3 is 2.76 bits per heavy atom.